The maximum atomic E-state index is 12.9. The number of benzene rings is 1. The van der Waals surface area contributed by atoms with Crippen molar-refractivity contribution >= 4 is 33.8 Å². The zero-order valence-corrected chi connectivity index (χ0v) is 11.7. The van der Waals surface area contributed by atoms with Crippen molar-refractivity contribution in [1.82, 2.24) is 5.32 Å². The van der Waals surface area contributed by atoms with Crippen LogP contribution in [-0.2, 0) is 9.59 Å². The number of carbonyl (C=O) groups is 3. The first-order valence-corrected chi connectivity index (χ1v) is 6.31. The van der Waals surface area contributed by atoms with Gasteiger partial charge in [-0.3, -0.25) is 9.59 Å². The van der Waals surface area contributed by atoms with Crippen LogP contribution < -0.4 is 5.32 Å². The Morgan fingerprint density at radius 3 is 2.45 bits per heavy atom. The second kappa shape index (κ2) is 6.99. The molecule has 0 radical (unpaired) electrons. The fraction of sp³-hybridized carbons (Fsp3) is 0.250. The normalized spacial score (nSPS) is 11.7. The molecule has 8 heteroatoms. The van der Waals surface area contributed by atoms with E-state index in [0.29, 0.717) is 0 Å². The first-order valence-electron chi connectivity index (χ1n) is 5.51. The predicted octanol–water partition coefficient (Wildman–Crippen LogP) is 1.64. The summed E-state index contributed by atoms with van der Waals surface area (Å²) in [5, 5.41) is 19.6. The summed E-state index contributed by atoms with van der Waals surface area (Å²) in [5.41, 5.74) is 0.0629. The molecule has 6 nitrogen and oxygen atoms in total. The minimum absolute atomic E-state index is 0.0629. The molecule has 1 amide bonds. The van der Waals surface area contributed by atoms with Crippen molar-refractivity contribution in [1.29, 1.82) is 0 Å². The van der Waals surface area contributed by atoms with E-state index in [1.807, 2.05) is 0 Å². The summed E-state index contributed by atoms with van der Waals surface area (Å²) in [4.78, 5) is 33.2. The fourth-order valence-corrected chi connectivity index (χ4v) is 1.97. The van der Waals surface area contributed by atoms with E-state index in [1.54, 1.807) is 0 Å². The molecule has 0 bridgehead atoms. The molecule has 108 valence electrons. The molecule has 0 aromatic heterocycles. The number of hydrogen-bond donors (Lipinski definition) is 3. The lowest BCUT2D eigenvalue weighted by atomic mass is 10.1. The molecule has 0 aliphatic carbocycles. The molecule has 0 spiro atoms. The van der Waals surface area contributed by atoms with Gasteiger partial charge in [0.1, 0.15) is 11.9 Å². The standard InChI is InChI=1S/C12H11BrFNO5/c13-8-5-6(14)1-2-7(8)11(18)15-9(12(19)20)3-4-10(16)17/h1-2,5,9H,3-4H2,(H,15,18)(H,16,17)(H,19,20). The van der Waals surface area contributed by atoms with Crippen LogP contribution in [0.25, 0.3) is 0 Å². The first kappa shape index (κ1) is 16.1. The molecule has 1 unspecified atom stereocenters. The number of nitrogens with one attached hydrogen (secondary N) is 1. The van der Waals surface area contributed by atoms with Crippen LogP contribution in [0.15, 0.2) is 22.7 Å². The van der Waals surface area contributed by atoms with Gasteiger partial charge in [-0.25, -0.2) is 9.18 Å². The molecule has 0 saturated carbocycles. The van der Waals surface area contributed by atoms with Gasteiger partial charge in [0.2, 0.25) is 0 Å². The number of amides is 1. The molecule has 0 aliphatic heterocycles. The van der Waals surface area contributed by atoms with Crippen LogP contribution in [0, 0.1) is 5.82 Å². The van der Waals surface area contributed by atoms with Crippen molar-refractivity contribution in [2.45, 2.75) is 18.9 Å². The topological polar surface area (TPSA) is 104 Å². The van der Waals surface area contributed by atoms with E-state index in [-0.39, 0.29) is 22.9 Å². The molecule has 0 heterocycles. The Morgan fingerprint density at radius 1 is 1.30 bits per heavy atom. The number of rotatable bonds is 6. The highest BCUT2D eigenvalue weighted by Crippen LogP contribution is 2.18. The maximum absolute atomic E-state index is 12.9. The zero-order valence-electron chi connectivity index (χ0n) is 10.1. The average molecular weight is 348 g/mol. The highest BCUT2D eigenvalue weighted by molar-refractivity contribution is 9.10. The molecular formula is C12H11BrFNO5. The van der Waals surface area contributed by atoms with Gasteiger partial charge in [-0.05, 0) is 40.5 Å². The molecule has 0 fully saturated rings. The lowest BCUT2D eigenvalue weighted by Gasteiger charge is -2.14. The van der Waals surface area contributed by atoms with Crippen LogP contribution in [0.3, 0.4) is 0 Å². The van der Waals surface area contributed by atoms with Gasteiger partial charge in [0.15, 0.2) is 0 Å². The average Bonchev–Trinajstić information content (AvgIpc) is 2.33. The molecule has 0 aliphatic rings. The Morgan fingerprint density at radius 2 is 1.95 bits per heavy atom. The van der Waals surface area contributed by atoms with E-state index in [0.717, 1.165) is 12.1 Å². The molecule has 1 rings (SSSR count). The highest BCUT2D eigenvalue weighted by atomic mass is 79.9. The van der Waals surface area contributed by atoms with Gasteiger partial charge in [0, 0.05) is 10.9 Å². The van der Waals surface area contributed by atoms with Gasteiger partial charge in [-0.15, -0.1) is 0 Å². The smallest absolute Gasteiger partial charge is 0.326 e. The van der Waals surface area contributed by atoms with Crippen molar-refractivity contribution in [2.24, 2.45) is 0 Å². The Kier molecular flexibility index (Phi) is 5.63. The van der Waals surface area contributed by atoms with Gasteiger partial charge in [-0.1, -0.05) is 0 Å². The van der Waals surface area contributed by atoms with Crippen molar-refractivity contribution < 1.29 is 29.0 Å². The molecule has 1 aromatic carbocycles. The van der Waals surface area contributed by atoms with Crippen molar-refractivity contribution in [3.63, 3.8) is 0 Å². The SMILES string of the molecule is O=C(O)CCC(NC(=O)c1ccc(F)cc1Br)C(=O)O. The van der Waals surface area contributed by atoms with Gasteiger partial charge >= 0.3 is 11.9 Å². The summed E-state index contributed by atoms with van der Waals surface area (Å²) in [7, 11) is 0. The van der Waals surface area contributed by atoms with E-state index in [2.05, 4.69) is 21.2 Å². The molecule has 3 N–H and O–H groups in total. The van der Waals surface area contributed by atoms with Crippen molar-refractivity contribution in [3.8, 4) is 0 Å². The number of halogens is 2. The van der Waals surface area contributed by atoms with Gasteiger partial charge in [0.25, 0.3) is 5.91 Å². The number of aliphatic carboxylic acids is 2. The van der Waals surface area contributed by atoms with Crippen LogP contribution in [0.5, 0.6) is 0 Å². The largest absolute Gasteiger partial charge is 0.481 e. The lowest BCUT2D eigenvalue weighted by molar-refractivity contribution is -0.140. The minimum atomic E-state index is -1.34. The summed E-state index contributed by atoms with van der Waals surface area (Å²) in [6.07, 6.45) is -0.628. The van der Waals surface area contributed by atoms with E-state index in [4.69, 9.17) is 10.2 Å². The summed E-state index contributed by atoms with van der Waals surface area (Å²) in [5.74, 6) is -3.77. The Balaban J connectivity index is 2.80. The van der Waals surface area contributed by atoms with E-state index in [9.17, 15) is 18.8 Å². The third-order valence-corrected chi connectivity index (χ3v) is 3.08. The third-order valence-electron chi connectivity index (χ3n) is 2.43. The Hall–Kier alpha value is -1.96. The first-order chi connectivity index (χ1) is 9.31. The summed E-state index contributed by atoms with van der Waals surface area (Å²) in [6.45, 7) is 0. The highest BCUT2D eigenvalue weighted by Gasteiger charge is 2.22. The molecule has 0 saturated heterocycles. The number of carboxylic acids is 2. The predicted molar refractivity (Wildman–Crippen MR) is 69.9 cm³/mol. The van der Waals surface area contributed by atoms with Crippen LogP contribution in [0.2, 0.25) is 0 Å². The van der Waals surface area contributed by atoms with E-state index >= 15 is 0 Å². The summed E-state index contributed by atoms with van der Waals surface area (Å²) >= 11 is 2.99. The summed E-state index contributed by atoms with van der Waals surface area (Å²) < 4.78 is 13.1. The fourth-order valence-electron chi connectivity index (χ4n) is 1.43. The van der Waals surface area contributed by atoms with Crippen LogP contribution in [0.4, 0.5) is 4.39 Å². The van der Waals surface area contributed by atoms with E-state index in [1.165, 1.54) is 6.07 Å². The summed E-state index contributed by atoms with van der Waals surface area (Å²) in [6, 6.07) is 2.01. The molecule has 1 aromatic rings. The number of carbonyl (C=O) groups excluding carboxylic acids is 1. The van der Waals surface area contributed by atoms with E-state index < -0.39 is 29.7 Å². The van der Waals surface area contributed by atoms with Gasteiger partial charge in [0.05, 0.1) is 5.56 Å². The van der Waals surface area contributed by atoms with Crippen LogP contribution in [-0.4, -0.2) is 34.1 Å². The lowest BCUT2D eigenvalue weighted by Crippen LogP contribution is -2.41. The minimum Gasteiger partial charge on any atom is -0.481 e. The Bertz CT molecular complexity index is 549. The molecular weight excluding hydrogens is 337 g/mol. The second-order valence-electron chi connectivity index (χ2n) is 3.92. The van der Waals surface area contributed by atoms with Crippen LogP contribution >= 0.6 is 15.9 Å². The second-order valence-corrected chi connectivity index (χ2v) is 4.78. The maximum Gasteiger partial charge on any atom is 0.326 e. The van der Waals surface area contributed by atoms with Crippen molar-refractivity contribution in [2.75, 3.05) is 0 Å². The van der Waals surface area contributed by atoms with Crippen molar-refractivity contribution in [3.05, 3.63) is 34.1 Å². The Labute approximate surface area is 121 Å². The van der Waals surface area contributed by atoms with Gasteiger partial charge in [-0.2, -0.15) is 0 Å². The number of hydrogen-bond acceptors (Lipinski definition) is 3. The quantitative estimate of drug-likeness (QED) is 0.725. The van der Waals surface area contributed by atoms with Crippen LogP contribution in [0.1, 0.15) is 23.2 Å². The molecule has 1 atom stereocenters. The number of carboxylic acid groups (broad SMARTS) is 2. The zero-order chi connectivity index (χ0) is 15.3. The monoisotopic (exact) mass is 347 g/mol. The van der Waals surface area contributed by atoms with Gasteiger partial charge < -0.3 is 15.5 Å². The third kappa shape index (κ3) is 4.61. The molecule has 20 heavy (non-hydrogen) atoms.